The molecule has 1 fully saturated rings. The second-order valence-electron chi connectivity index (χ2n) is 10.2. The maximum Gasteiger partial charge on any atom is 0.248 e. The molecule has 1 aliphatic heterocycles. The van der Waals surface area contributed by atoms with Gasteiger partial charge in [-0.15, -0.1) is 0 Å². The molecule has 224 valence electrons. The van der Waals surface area contributed by atoms with E-state index in [1.807, 2.05) is 24.3 Å². The number of fused-ring (bicyclic) bond motifs is 1. The molecule has 0 saturated carbocycles. The molecule has 5 aromatic rings. The number of piperidine rings is 1. The van der Waals surface area contributed by atoms with Gasteiger partial charge in [0.05, 0.1) is 28.7 Å². The Morgan fingerprint density at radius 3 is 2.62 bits per heavy atom. The number of nitrogens with zero attached hydrogens (tertiary/aromatic N) is 4. The molecule has 0 aliphatic carbocycles. The van der Waals surface area contributed by atoms with E-state index >= 15 is 0 Å². The molecule has 4 heterocycles. The van der Waals surface area contributed by atoms with Gasteiger partial charge in [0, 0.05) is 41.1 Å². The average molecular weight is 618 g/mol. The standard InChI is InChI=1S/C34H28ClN7O3/c35-25-3-1-2-23(16-25)21-44-31-7-4-26(20-39-31)41-32-24(18-36)19-40-33-28(32)5-6-29(45-27-10-14-38-15-11-27)34(33)42-30(43)17-22-8-12-37-13-9-22/h1-7,10-11,14-17,19-20,37H,8-9,12-13,21H2,(H,40,41)(H,42,43). The molecule has 6 rings (SSSR count). The minimum atomic E-state index is -0.280. The van der Waals surface area contributed by atoms with Crippen molar-refractivity contribution in [2.75, 3.05) is 23.7 Å². The van der Waals surface area contributed by atoms with Gasteiger partial charge in [0.25, 0.3) is 0 Å². The van der Waals surface area contributed by atoms with Crippen LogP contribution in [0, 0.1) is 11.3 Å². The number of nitriles is 1. The van der Waals surface area contributed by atoms with Crippen LogP contribution in [0.4, 0.5) is 17.1 Å². The number of anilines is 3. The van der Waals surface area contributed by atoms with Crippen LogP contribution in [-0.4, -0.2) is 33.9 Å². The summed E-state index contributed by atoms with van der Waals surface area (Å²) in [5.74, 6) is 1.10. The number of carbonyl (C=O) groups is 1. The fourth-order valence-corrected chi connectivity index (χ4v) is 5.12. The minimum absolute atomic E-state index is 0.280. The molecular formula is C34H28ClN7O3. The molecule has 0 radical (unpaired) electrons. The number of halogens is 1. The number of benzene rings is 2. The van der Waals surface area contributed by atoms with E-state index in [2.05, 4.69) is 37.0 Å². The number of aromatic nitrogens is 3. The van der Waals surface area contributed by atoms with Crippen LogP contribution in [0.5, 0.6) is 17.4 Å². The summed E-state index contributed by atoms with van der Waals surface area (Å²) >= 11 is 6.07. The summed E-state index contributed by atoms with van der Waals surface area (Å²) in [4.78, 5) is 26.3. The van der Waals surface area contributed by atoms with Crippen LogP contribution in [0.3, 0.4) is 0 Å². The number of nitrogens with one attached hydrogen (secondary N) is 3. The van der Waals surface area contributed by atoms with Gasteiger partial charge in [0.15, 0.2) is 5.75 Å². The van der Waals surface area contributed by atoms with Gasteiger partial charge in [-0.05, 0) is 74.0 Å². The molecule has 1 aliphatic rings. The normalized spacial score (nSPS) is 12.7. The molecule has 10 nitrogen and oxygen atoms in total. The predicted octanol–water partition coefficient (Wildman–Crippen LogP) is 6.91. The van der Waals surface area contributed by atoms with E-state index in [1.165, 1.54) is 6.20 Å². The minimum Gasteiger partial charge on any atom is -0.473 e. The second-order valence-corrected chi connectivity index (χ2v) is 10.7. The van der Waals surface area contributed by atoms with Crippen LogP contribution in [0.2, 0.25) is 5.02 Å². The fraction of sp³-hybridized carbons (Fsp3) is 0.147. The Hall–Kier alpha value is -5.50. The first-order valence-corrected chi connectivity index (χ1v) is 14.7. The molecule has 1 amide bonds. The SMILES string of the molecule is N#Cc1cnc2c(NC(=O)C=C3CCNCC3)c(Oc3ccncc3)ccc2c1Nc1ccc(OCc2cccc(Cl)c2)nc1. The quantitative estimate of drug-likeness (QED) is 0.151. The highest BCUT2D eigenvalue weighted by Crippen LogP contribution is 2.39. The van der Waals surface area contributed by atoms with Gasteiger partial charge < -0.3 is 25.4 Å². The van der Waals surface area contributed by atoms with Crippen molar-refractivity contribution >= 4 is 45.5 Å². The Balaban J connectivity index is 1.31. The van der Waals surface area contributed by atoms with Crippen LogP contribution in [-0.2, 0) is 11.4 Å². The van der Waals surface area contributed by atoms with E-state index in [4.69, 9.17) is 21.1 Å². The number of hydrogen-bond donors (Lipinski definition) is 3. The Bertz CT molecular complexity index is 1900. The number of hydrogen-bond acceptors (Lipinski definition) is 9. The molecule has 0 atom stereocenters. The van der Waals surface area contributed by atoms with E-state index in [1.54, 1.807) is 61.1 Å². The summed E-state index contributed by atoms with van der Waals surface area (Å²) in [5.41, 5.74) is 4.30. The maximum atomic E-state index is 13.2. The Kier molecular flexibility index (Phi) is 9.11. The van der Waals surface area contributed by atoms with Crippen LogP contribution >= 0.6 is 11.6 Å². The molecule has 0 spiro atoms. The van der Waals surface area contributed by atoms with E-state index in [0.717, 1.165) is 37.1 Å². The fourth-order valence-electron chi connectivity index (χ4n) is 4.91. The van der Waals surface area contributed by atoms with Gasteiger partial charge in [0.1, 0.15) is 24.1 Å². The van der Waals surface area contributed by atoms with Crippen molar-refractivity contribution < 1.29 is 14.3 Å². The van der Waals surface area contributed by atoms with Gasteiger partial charge >= 0.3 is 0 Å². The Morgan fingerprint density at radius 1 is 1.02 bits per heavy atom. The van der Waals surface area contributed by atoms with Crippen molar-refractivity contribution in [3.8, 4) is 23.4 Å². The predicted molar refractivity (Wildman–Crippen MR) is 173 cm³/mol. The first-order valence-electron chi connectivity index (χ1n) is 14.3. The van der Waals surface area contributed by atoms with E-state index in [0.29, 0.717) is 62.5 Å². The van der Waals surface area contributed by atoms with Crippen LogP contribution < -0.4 is 25.4 Å². The summed E-state index contributed by atoms with van der Waals surface area (Å²) in [7, 11) is 0. The number of ether oxygens (including phenoxy) is 2. The number of pyridine rings is 3. The van der Waals surface area contributed by atoms with E-state index in [-0.39, 0.29) is 5.91 Å². The van der Waals surface area contributed by atoms with E-state index < -0.39 is 0 Å². The largest absolute Gasteiger partial charge is 0.473 e. The average Bonchev–Trinajstić information content (AvgIpc) is 3.06. The van der Waals surface area contributed by atoms with Crippen molar-refractivity contribution in [2.24, 2.45) is 0 Å². The lowest BCUT2D eigenvalue weighted by atomic mass is 10.0. The molecule has 0 bridgehead atoms. The smallest absolute Gasteiger partial charge is 0.248 e. The summed E-state index contributed by atoms with van der Waals surface area (Å²) in [5, 5.41) is 20.8. The third-order valence-corrected chi connectivity index (χ3v) is 7.34. The second kappa shape index (κ2) is 13.9. The molecule has 2 aromatic carbocycles. The first kappa shape index (κ1) is 29.6. The lowest BCUT2D eigenvalue weighted by molar-refractivity contribution is -0.112. The summed E-state index contributed by atoms with van der Waals surface area (Å²) in [6, 6.07) is 20.2. The van der Waals surface area contributed by atoms with Gasteiger partial charge in [-0.3, -0.25) is 14.8 Å². The zero-order chi connectivity index (χ0) is 31.0. The number of rotatable bonds is 9. The Morgan fingerprint density at radius 2 is 1.87 bits per heavy atom. The number of carbonyl (C=O) groups excluding carboxylic acids is 1. The molecule has 1 saturated heterocycles. The Labute approximate surface area is 264 Å². The van der Waals surface area contributed by atoms with Crippen molar-refractivity contribution in [1.82, 2.24) is 20.3 Å². The van der Waals surface area contributed by atoms with Gasteiger partial charge in [-0.2, -0.15) is 5.26 Å². The summed E-state index contributed by atoms with van der Waals surface area (Å²) < 4.78 is 12.0. The van der Waals surface area contributed by atoms with Crippen molar-refractivity contribution in [1.29, 1.82) is 5.26 Å². The molecule has 3 aromatic heterocycles. The maximum absolute atomic E-state index is 13.2. The van der Waals surface area contributed by atoms with Crippen LogP contribution in [0.1, 0.15) is 24.0 Å². The van der Waals surface area contributed by atoms with Crippen LogP contribution in [0.15, 0.2) is 97.1 Å². The van der Waals surface area contributed by atoms with Crippen molar-refractivity contribution in [2.45, 2.75) is 19.4 Å². The number of amides is 1. The van der Waals surface area contributed by atoms with E-state index in [9.17, 15) is 10.1 Å². The van der Waals surface area contributed by atoms with Crippen molar-refractivity contribution in [3.63, 3.8) is 0 Å². The van der Waals surface area contributed by atoms with Gasteiger partial charge in [-0.1, -0.05) is 29.3 Å². The molecule has 11 heteroatoms. The zero-order valence-corrected chi connectivity index (χ0v) is 24.8. The van der Waals surface area contributed by atoms with Gasteiger partial charge in [0.2, 0.25) is 11.8 Å². The topological polar surface area (TPSA) is 134 Å². The molecular weight excluding hydrogens is 590 g/mol. The third-order valence-electron chi connectivity index (χ3n) is 7.11. The highest BCUT2D eigenvalue weighted by Gasteiger charge is 2.19. The molecule has 45 heavy (non-hydrogen) atoms. The molecule has 3 N–H and O–H groups in total. The lowest BCUT2D eigenvalue weighted by Crippen LogP contribution is -2.24. The summed E-state index contributed by atoms with van der Waals surface area (Å²) in [6.45, 7) is 1.99. The highest BCUT2D eigenvalue weighted by molar-refractivity contribution is 6.30. The first-order chi connectivity index (χ1) is 22.1. The lowest BCUT2D eigenvalue weighted by Gasteiger charge is -2.18. The monoisotopic (exact) mass is 617 g/mol. The third kappa shape index (κ3) is 7.36. The van der Waals surface area contributed by atoms with Crippen molar-refractivity contribution in [3.05, 3.63) is 113 Å². The summed E-state index contributed by atoms with van der Waals surface area (Å²) in [6.07, 6.45) is 9.58. The molecule has 0 unspecified atom stereocenters. The van der Waals surface area contributed by atoms with Crippen LogP contribution in [0.25, 0.3) is 10.9 Å². The highest BCUT2D eigenvalue weighted by atomic mass is 35.5. The zero-order valence-electron chi connectivity index (χ0n) is 24.1. The van der Waals surface area contributed by atoms with Gasteiger partial charge in [-0.25, -0.2) is 4.98 Å².